The molecule has 0 radical (unpaired) electrons. The summed E-state index contributed by atoms with van der Waals surface area (Å²) < 4.78 is 10.5. The number of nitrogens with one attached hydrogen (secondary N) is 2. The van der Waals surface area contributed by atoms with E-state index in [2.05, 4.69) is 10.6 Å². The van der Waals surface area contributed by atoms with Crippen molar-refractivity contribution in [3.63, 3.8) is 0 Å². The minimum absolute atomic E-state index is 0.0717. The van der Waals surface area contributed by atoms with Gasteiger partial charge in [0.25, 0.3) is 0 Å². The van der Waals surface area contributed by atoms with Gasteiger partial charge in [-0.05, 0) is 36.5 Å². The number of hydrogen-bond acceptors (Lipinski definition) is 4. The van der Waals surface area contributed by atoms with Gasteiger partial charge in [0.05, 0.1) is 19.9 Å². The highest BCUT2D eigenvalue weighted by Gasteiger charge is 2.14. The number of benzene rings is 3. The number of anilines is 2. The number of rotatable bonds is 6. The highest BCUT2D eigenvalue weighted by Crippen LogP contribution is 2.30. The molecule has 3 aromatic rings. The molecule has 3 rings (SSSR count). The molecule has 0 heterocycles. The molecule has 0 amide bonds. The van der Waals surface area contributed by atoms with Gasteiger partial charge in [0.2, 0.25) is 0 Å². The number of carbonyl (C=O) groups is 1. The van der Waals surface area contributed by atoms with E-state index in [0.717, 1.165) is 5.69 Å². The highest BCUT2D eigenvalue weighted by molar-refractivity contribution is 7.80. The summed E-state index contributed by atoms with van der Waals surface area (Å²) in [5.74, 6) is 1.15. The van der Waals surface area contributed by atoms with E-state index in [1.807, 2.05) is 42.5 Å². The third-order valence-electron chi connectivity index (χ3n) is 4.10. The van der Waals surface area contributed by atoms with E-state index in [1.54, 1.807) is 44.6 Å². The van der Waals surface area contributed by atoms with Gasteiger partial charge in [0.15, 0.2) is 22.4 Å². The average Bonchev–Trinajstić information content (AvgIpc) is 2.74. The van der Waals surface area contributed by atoms with E-state index in [4.69, 9.17) is 21.7 Å². The van der Waals surface area contributed by atoms with E-state index in [0.29, 0.717) is 33.4 Å². The molecular weight excluding hydrogens is 372 g/mol. The fraction of sp³-hybridized carbons (Fsp3) is 0.0909. The third-order valence-corrected chi connectivity index (χ3v) is 4.30. The van der Waals surface area contributed by atoms with Gasteiger partial charge in [0, 0.05) is 22.9 Å². The average molecular weight is 392 g/mol. The topological polar surface area (TPSA) is 59.6 Å². The second kappa shape index (κ2) is 9.01. The maximum absolute atomic E-state index is 12.8. The minimum Gasteiger partial charge on any atom is -0.493 e. The van der Waals surface area contributed by atoms with Crippen LogP contribution in [0, 0.1) is 0 Å². The summed E-state index contributed by atoms with van der Waals surface area (Å²) >= 11 is 5.42. The second-order valence-corrected chi connectivity index (χ2v) is 6.30. The number of para-hydroxylation sites is 1. The number of ether oxygens (including phenoxy) is 2. The van der Waals surface area contributed by atoms with Crippen molar-refractivity contribution in [1.82, 2.24) is 0 Å². The summed E-state index contributed by atoms with van der Waals surface area (Å²) in [4.78, 5) is 12.8. The molecular formula is C22H20N2O3S. The molecule has 0 fully saturated rings. The van der Waals surface area contributed by atoms with Crippen LogP contribution in [-0.4, -0.2) is 25.1 Å². The van der Waals surface area contributed by atoms with E-state index >= 15 is 0 Å². The molecule has 3 aromatic carbocycles. The first-order valence-electron chi connectivity index (χ1n) is 8.61. The zero-order valence-electron chi connectivity index (χ0n) is 15.6. The largest absolute Gasteiger partial charge is 0.493 e. The Morgan fingerprint density at radius 1 is 0.821 bits per heavy atom. The monoisotopic (exact) mass is 392 g/mol. The Morgan fingerprint density at radius 3 is 2.21 bits per heavy atom. The van der Waals surface area contributed by atoms with Crippen molar-refractivity contribution < 1.29 is 14.3 Å². The number of hydrogen-bond donors (Lipinski definition) is 2. The SMILES string of the molecule is COc1ccc(NC(=S)Nc2ccccc2C(=O)c2ccccc2)cc1OC. The summed E-state index contributed by atoms with van der Waals surface area (Å²) in [7, 11) is 3.15. The van der Waals surface area contributed by atoms with Crippen LogP contribution in [0.1, 0.15) is 15.9 Å². The number of methoxy groups -OCH3 is 2. The van der Waals surface area contributed by atoms with Crippen molar-refractivity contribution in [3.8, 4) is 11.5 Å². The summed E-state index contributed by atoms with van der Waals surface area (Å²) in [6.45, 7) is 0. The molecule has 0 saturated carbocycles. The normalized spacial score (nSPS) is 10.1. The predicted molar refractivity (Wildman–Crippen MR) is 116 cm³/mol. The van der Waals surface area contributed by atoms with Crippen LogP contribution in [-0.2, 0) is 0 Å². The van der Waals surface area contributed by atoms with Crippen molar-refractivity contribution in [1.29, 1.82) is 0 Å². The standard InChI is InChI=1S/C22H20N2O3S/c1-26-19-13-12-16(14-20(19)27-2)23-22(28)24-18-11-7-6-10-17(18)21(25)15-8-4-3-5-9-15/h3-14H,1-2H3,(H2,23,24,28). The number of carbonyl (C=O) groups excluding carboxylic acids is 1. The molecule has 28 heavy (non-hydrogen) atoms. The summed E-state index contributed by atoms with van der Waals surface area (Å²) in [6, 6.07) is 21.8. The zero-order chi connectivity index (χ0) is 19.9. The predicted octanol–water partition coefficient (Wildman–Crippen LogP) is 4.74. The van der Waals surface area contributed by atoms with Gasteiger partial charge in [-0.25, -0.2) is 0 Å². The van der Waals surface area contributed by atoms with Crippen LogP contribution in [0.5, 0.6) is 11.5 Å². The molecule has 0 unspecified atom stereocenters. The van der Waals surface area contributed by atoms with Crippen LogP contribution < -0.4 is 20.1 Å². The first-order valence-corrected chi connectivity index (χ1v) is 9.02. The molecule has 0 bridgehead atoms. The highest BCUT2D eigenvalue weighted by atomic mass is 32.1. The lowest BCUT2D eigenvalue weighted by molar-refractivity contribution is 0.103. The molecule has 0 aliphatic rings. The van der Waals surface area contributed by atoms with Crippen molar-refractivity contribution in [2.75, 3.05) is 24.9 Å². The van der Waals surface area contributed by atoms with Gasteiger partial charge in [-0.1, -0.05) is 42.5 Å². The van der Waals surface area contributed by atoms with Crippen LogP contribution >= 0.6 is 12.2 Å². The Kier molecular flexibility index (Phi) is 6.24. The van der Waals surface area contributed by atoms with Gasteiger partial charge in [-0.15, -0.1) is 0 Å². The van der Waals surface area contributed by atoms with E-state index < -0.39 is 0 Å². The van der Waals surface area contributed by atoms with Crippen molar-refractivity contribution in [2.45, 2.75) is 0 Å². The van der Waals surface area contributed by atoms with Crippen molar-refractivity contribution in [2.24, 2.45) is 0 Å². The van der Waals surface area contributed by atoms with Crippen LogP contribution in [0.4, 0.5) is 11.4 Å². The second-order valence-electron chi connectivity index (χ2n) is 5.89. The van der Waals surface area contributed by atoms with Crippen LogP contribution in [0.15, 0.2) is 72.8 Å². The molecule has 2 N–H and O–H groups in total. The summed E-state index contributed by atoms with van der Waals surface area (Å²) in [6.07, 6.45) is 0. The van der Waals surface area contributed by atoms with Crippen LogP contribution in [0.2, 0.25) is 0 Å². The quantitative estimate of drug-likeness (QED) is 0.467. The summed E-state index contributed by atoms with van der Waals surface area (Å²) in [5, 5.41) is 6.56. The van der Waals surface area contributed by atoms with Crippen molar-refractivity contribution in [3.05, 3.63) is 83.9 Å². The van der Waals surface area contributed by atoms with Gasteiger partial charge in [-0.3, -0.25) is 4.79 Å². The molecule has 142 valence electrons. The number of thiocarbonyl (C=S) groups is 1. The molecule has 0 aliphatic carbocycles. The van der Waals surface area contributed by atoms with Crippen LogP contribution in [0.25, 0.3) is 0 Å². The molecule has 0 aliphatic heterocycles. The van der Waals surface area contributed by atoms with Gasteiger partial charge >= 0.3 is 0 Å². The number of ketones is 1. The Balaban J connectivity index is 1.77. The van der Waals surface area contributed by atoms with Gasteiger partial charge < -0.3 is 20.1 Å². The Morgan fingerprint density at radius 2 is 1.50 bits per heavy atom. The van der Waals surface area contributed by atoms with E-state index in [9.17, 15) is 4.79 Å². The zero-order valence-corrected chi connectivity index (χ0v) is 16.4. The molecule has 0 atom stereocenters. The Hall–Kier alpha value is -3.38. The fourth-order valence-corrected chi connectivity index (χ4v) is 2.96. The lowest BCUT2D eigenvalue weighted by Crippen LogP contribution is -2.20. The molecule has 0 spiro atoms. The van der Waals surface area contributed by atoms with E-state index in [-0.39, 0.29) is 5.78 Å². The first-order chi connectivity index (χ1) is 13.6. The van der Waals surface area contributed by atoms with Crippen molar-refractivity contribution >= 4 is 34.5 Å². The van der Waals surface area contributed by atoms with Gasteiger partial charge in [-0.2, -0.15) is 0 Å². The molecule has 5 nitrogen and oxygen atoms in total. The third kappa shape index (κ3) is 4.47. The Labute approximate surface area is 169 Å². The maximum atomic E-state index is 12.8. The molecule has 0 aromatic heterocycles. The Bertz CT molecular complexity index is 990. The molecule has 6 heteroatoms. The van der Waals surface area contributed by atoms with Gasteiger partial charge in [0.1, 0.15) is 0 Å². The van der Waals surface area contributed by atoms with E-state index in [1.165, 1.54) is 0 Å². The smallest absolute Gasteiger partial charge is 0.195 e. The maximum Gasteiger partial charge on any atom is 0.195 e. The minimum atomic E-state index is -0.0717. The fourth-order valence-electron chi connectivity index (χ4n) is 2.73. The van der Waals surface area contributed by atoms with Crippen LogP contribution in [0.3, 0.4) is 0 Å². The summed E-state index contributed by atoms with van der Waals surface area (Å²) in [5.41, 5.74) is 2.54. The lowest BCUT2D eigenvalue weighted by Gasteiger charge is -2.15. The lowest BCUT2D eigenvalue weighted by atomic mass is 10.0. The molecule has 0 saturated heterocycles. The first kappa shape index (κ1) is 19.4.